The van der Waals surface area contributed by atoms with Gasteiger partial charge < -0.3 is 10.1 Å². The number of hydrogen-bond donors (Lipinski definition) is 1. The minimum atomic E-state index is -0.494. The van der Waals surface area contributed by atoms with Crippen molar-refractivity contribution in [2.45, 2.75) is 6.92 Å². The number of amides is 1. The highest BCUT2D eigenvalue weighted by atomic mass is 16.5. The molecule has 2 aromatic carbocycles. The normalized spacial score (nSPS) is 10.7. The van der Waals surface area contributed by atoms with E-state index in [0.717, 1.165) is 16.8 Å². The fraction of sp³-hybridized carbons (Fsp3) is 0.0909. The van der Waals surface area contributed by atoms with Crippen molar-refractivity contribution < 1.29 is 14.3 Å². The number of rotatable bonds is 4. The van der Waals surface area contributed by atoms with Crippen LogP contribution in [-0.2, 0) is 4.74 Å². The van der Waals surface area contributed by atoms with Gasteiger partial charge in [-0.25, -0.2) is 14.5 Å². The van der Waals surface area contributed by atoms with Crippen LogP contribution >= 0.6 is 0 Å². The Bertz CT molecular complexity index is 1220. The van der Waals surface area contributed by atoms with E-state index >= 15 is 0 Å². The molecule has 1 N–H and O–H groups in total. The zero-order valence-corrected chi connectivity index (χ0v) is 15.9. The van der Waals surface area contributed by atoms with Crippen LogP contribution in [0.15, 0.2) is 66.9 Å². The lowest BCUT2D eigenvalue weighted by atomic mass is 10.1. The van der Waals surface area contributed by atoms with Gasteiger partial charge >= 0.3 is 5.97 Å². The number of aromatic nitrogens is 3. The highest BCUT2D eigenvalue weighted by Crippen LogP contribution is 2.23. The van der Waals surface area contributed by atoms with E-state index in [-0.39, 0.29) is 5.91 Å². The summed E-state index contributed by atoms with van der Waals surface area (Å²) in [4.78, 5) is 28.8. The predicted molar refractivity (Wildman–Crippen MR) is 109 cm³/mol. The molecule has 0 unspecified atom stereocenters. The summed E-state index contributed by atoms with van der Waals surface area (Å²) in [5, 5.41) is 8.23. The van der Waals surface area contributed by atoms with Crippen molar-refractivity contribution in [3.63, 3.8) is 0 Å². The fourth-order valence-corrected chi connectivity index (χ4v) is 3.07. The molecule has 0 aliphatic carbocycles. The van der Waals surface area contributed by atoms with E-state index in [1.807, 2.05) is 43.3 Å². The number of nitrogens with zero attached hydrogens (tertiary/aromatic N) is 3. The van der Waals surface area contributed by atoms with Crippen molar-refractivity contribution in [2.24, 2.45) is 0 Å². The highest BCUT2D eigenvalue weighted by molar-refractivity contribution is 6.06. The molecule has 144 valence electrons. The second-order valence-electron chi connectivity index (χ2n) is 6.45. The summed E-state index contributed by atoms with van der Waals surface area (Å²) < 4.78 is 6.47. The van der Waals surface area contributed by atoms with E-state index < -0.39 is 5.97 Å². The molecule has 2 aromatic heterocycles. The van der Waals surface area contributed by atoms with Gasteiger partial charge in [0.2, 0.25) is 0 Å². The Balaban J connectivity index is 1.63. The monoisotopic (exact) mass is 386 g/mol. The molecule has 0 bridgehead atoms. The Morgan fingerprint density at radius 2 is 1.76 bits per heavy atom. The number of fused-ring (bicyclic) bond motifs is 1. The second kappa shape index (κ2) is 7.55. The number of pyridine rings is 1. The first-order valence-corrected chi connectivity index (χ1v) is 8.97. The first kappa shape index (κ1) is 18.4. The lowest BCUT2D eigenvalue weighted by Gasteiger charge is -2.07. The van der Waals surface area contributed by atoms with Crippen LogP contribution in [0.4, 0.5) is 5.69 Å². The molecule has 0 saturated heterocycles. The molecule has 2 heterocycles. The zero-order chi connectivity index (χ0) is 20.4. The van der Waals surface area contributed by atoms with Crippen LogP contribution in [-0.4, -0.2) is 33.8 Å². The molecular formula is C22H18N4O3. The van der Waals surface area contributed by atoms with Crippen molar-refractivity contribution in [3.05, 3.63) is 83.7 Å². The summed E-state index contributed by atoms with van der Waals surface area (Å²) in [6.07, 6.45) is 1.59. The lowest BCUT2D eigenvalue weighted by Crippen LogP contribution is -2.13. The molecule has 29 heavy (non-hydrogen) atoms. The van der Waals surface area contributed by atoms with Crippen molar-refractivity contribution in [3.8, 4) is 5.69 Å². The number of methoxy groups -OCH3 is 1. The number of esters is 1. The van der Waals surface area contributed by atoms with Gasteiger partial charge in [0, 0.05) is 10.9 Å². The number of carbonyl (C=O) groups is 2. The molecule has 0 saturated carbocycles. The Hall–Kier alpha value is -4.00. The second-order valence-corrected chi connectivity index (χ2v) is 6.45. The van der Waals surface area contributed by atoms with Gasteiger partial charge in [0.25, 0.3) is 5.91 Å². The summed E-state index contributed by atoms with van der Waals surface area (Å²) in [7, 11) is 1.30. The average Bonchev–Trinajstić information content (AvgIpc) is 3.10. The Labute approximate surface area is 167 Å². The quantitative estimate of drug-likeness (QED) is 0.540. The van der Waals surface area contributed by atoms with E-state index in [2.05, 4.69) is 15.4 Å². The Kier molecular flexibility index (Phi) is 4.78. The standard InChI is InChI=1S/C22H18N4O3/c1-14-19-12-17(13-23-20(19)26(25-14)18-9-4-3-5-10-18)24-21(27)15-7-6-8-16(11-15)22(28)29-2/h3-13H,1-2H3,(H,24,27). The maximum atomic E-state index is 12.6. The first-order valence-electron chi connectivity index (χ1n) is 8.97. The SMILES string of the molecule is COC(=O)c1cccc(C(=O)Nc2cnc3c(c2)c(C)nn3-c2ccccc2)c1. The number of benzene rings is 2. The van der Waals surface area contributed by atoms with Gasteiger partial charge in [-0.3, -0.25) is 4.79 Å². The fourth-order valence-electron chi connectivity index (χ4n) is 3.07. The van der Waals surface area contributed by atoms with Gasteiger partial charge in [0.15, 0.2) is 5.65 Å². The number of anilines is 1. The van der Waals surface area contributed by atoms with Crippen LogP contribution in [0.5, 0.6) is 0 Å². The summed E-state index contributed by atoms with van der Waals surface area (Å²) in [6.45, 7) is 1.90. The number of nitrogens with one attached hydrogen (secondary N) is 1. The molecule has 0 spiro atoms. The van der Waals surface area contributed by atoms with E-state index in [9.17, 15) is 9.59 Å². The van der Waals surface area contributed by atoms with Gasteiger partial charge in [-0.15, -0.1) is 0 Å². The average molecular weight is 386 g/mol. The van der Waals surface area contributed by atoms with Crippen LogP contribution in [0, 0.1) is 6.92 Å². The van der Waals surface area contributed by atoms with Gasteiger partial charge in [-0.05, 0) is 43.3 Å². The minimum Gasteiger partial charge on any atom is -0.465 e. The van der Waals surface area contributed by atoms with Gasteiger partial charge in [0.1, 0.15) is 0 Å². The zero-order valence-electron chi connectivity index (χ0n) is 15.9. The summed E-state index contributed by atoms with van der Waals surface area (Å²) in [5.41, 5.74) is 3.63. The maximum Gasteiger partial charge on any atom is 0.337 e. The Morgan fingerprint density at radius 1 is 1.00 bits per heavy atom. The molecule has 0 radical (unpaired) electrons. The van der Waals surface area contributed by atoms with Crippen molar-refractivity contribution in [1.82, 2.24) is 14.8 Å². The predicted octanol–water partition coefficient (Wildman–Crippen LogP) is 3.77. The lowest BCUT2D eigenvalue weighted by molar-refractivity contribution is 0.0600. The van der Waals surface area contributed by atoms with E-state index in [4.69, 9.17) is 4.74 Å². The van der Waals surface area contributed by atoms with Crippen LogP contribution in [0.25, 0.3) is 16.7 Å². The number of para-hydroxylation sites is 1. The van der Waals surface area contributed by atoms with Crippen molar-refractivity contribution in [1.29, 1.82) is 0 Å². The van der Waals surface area contributed by atoms with E-state index in [0.29, 0.717) is 22.5 Å². The summed E-state index contributed by atoms with van der Waals surface area (Å²) in [6, 6.07) is 17.9. The Morgan fingerprint density at radius 3 is 2.52 bits per heavy atom. The number of carbonyl (C=O) groups excluding carboxylic acids is 2. The topological polar surface area (TPSA) is 86.1 Å². The molecule has 0 aliphatic rings. The van der Waals surface area contributed by atoms with Gasteiger partial charge in [-0.1, -0.05) is 24.3 Å². The smallest absolute Gasteiger partial charge is 0.337 e. The first-order chi connectivity index (χ1) is 14.1. The molecule has 7 heteroatoms. The van der Waals surface area contributed by atoms with E-state index in [1.54, 1.807) is 29.1 Å². The van der Waals surface area contributed by atoms with Gasteiger partial charge in [0.05, 0.1) is 35.9 Å². The molecule has 4 aromatic rings. The third-order valence-electron chi connectivity index (χ3n) is 4.51. The van der Waals surface area contributed by atoms with Gasteiger partial charge in [-0.2, -0.15) is 5.10 Å². The van der Waals surface area contributed by atoms with Crippen LogP contribution < -0.4 is 5.32 Å². The molecule has 0 aliphatic heterocycles. The summed E-state index contributed by atoms with van der Waals surface area (Å²) in [5.74, 6) is -0.836. The number of hydrogen-bond acceptors (Lipinski definition) is 5. The van der Waals surface area contributed by atoms with Crippen LogP contribution in [0.2, 0.25) is 0 Å². The van der Waals surface area contributed by atoms with Crippen molar-refractivity contribution in [2.75, 3.05) is 12.4 Å². The minimum absolute atomic E-state index is 0.314. The molecule has 1 amide bonds. The highest BCUT2D eigenvalue weighted by Gasteiger charge is 2.14. The molecule has 4 rings (SSSR count). The van der Waals surface area contributed by atoms with Crippen LogP contribution in [0.1, 0.15) is 26.4 Å². The third-order valence-corrected chi connectivity index (χ3v) is 4.51. The number of aryl methyl sites for hydroxylation is 1. The van der Waals surface area contributed by atoms with Crippen LogP contribution in [0.3, 0.4) is 0 Å². The molecular weight excluding hydrogens is 368 g/mol. The third kappa shape index (κ3) is 3.58. The summed E-state index contributed by atoms with van der Waals surface area (Å²) >= 11 is 0. The molecule has 0 fully saturated rings. The van der Waals surface area contributed by atoms with E-state index in [1.165, 1.54) is 13.2 Å². The van der Waals surface area contributed by atoms with Crippen molar-refractivity contribution >= 4 is 28.6 Å². The number of ether oxygens (including phenoxy) is 1. The molecule has 0 atom stereocenters. The maximum absolute atomic E-state index is 12.6. The largest absolute Gasteiger partial charge is 0.465 e. The molecule has 7 nitrogen and oxygen atoms in total.